The summed E-state index contributed by atoms with van der Waals surface area (Å²) in [5, 5.41) is 0. The van der Waals surface area contributed by atoms with Crippen molar-refractivity contribution in [2.75, 3.05) is 6.54 Å². The number of carbonyl (C=O) groups is 1. The minimum absolute atomic E-state index is 0.234. The van der Waals surface area contributed by atoms with Crippen LogP contribution < -0.4 is 5.73 Å². The molecule has 1 saturated carbocycles. The van der Waals surface area contributed by atoms with E-state index in [4.69, 9.17) is 5.73 Å². The summed E-state index contributed by atoms with van der Waals surface area (Å²) in [4.78, 5) is 15.2. The van der Waals surface area contributed by atoms with Crippen molar-refractivity contribution in [2.24, 2.45) is 17.1 Å². The number of amides is 1. The Morgan fingerprint density at radius 2 is 1.70 bits per heavy atom. The zero-order valence-electron chi connectivity index (χ0n) is 14.3. The topological polar surface area (TPSA) is 46.3 Å². The van der Waals surface area contributed by atoms with Gasteiger partial charge in [0.15, 0.2) is 0 Å². The predicted molar refractivity (Wildman–Crippen MR) is 85.5 cm³/mol. The smallest absolute Gasteiger partial charge is 0.230 e. The molecule has 3 nitrogen and oxygen atoms in total. The van der Waals surface area contributed by atoms with Crippen LogP contribution >= 0.6 is 0 Å². The van der Waals surface area contributed by atoms with E-state index in [1.807, 2.05) is 27.7 Å². The van der Waals surface area contributed by atoms with E-state index in [9.17, 15) is 4.79 Å². The van der Waals surface area contributed by atoms with Gasteiger partial charge in [0.05, 0.1) is 5.41 Å². The van der Waals surface area contributed by atoms with Gasteiger partial charge in [0, 0.05) is 18.1 Å². The third-order valence-corrected chi connectivity index (χ3v) is 5.12. The van der Waals surface area contributed by atoms with Gasteiger partial charge >= 0.3 is 0 Å². The largest absolute Gasteiger partial charge is 0.339 e. The van der Waals surface area contributed by atoms with Crippen LogP contribution in [0.15, 0.2) is 0 Å². The number of nitrogens with zero attached hydrogens (tertiary/aromatic N) is 1. The number of rotatable bonds is 6. The summed E-state index contributed by atoms with van der Waals surface area (Å²) < 4.78 is 0. The lowest BCUT2D eigenvalue weighted by atomic mass is 9.74. The standard InChI is InChI=1S/C17H34N2O/c1-13(2)11-12-19(14-9-7-8-10-14)15(20)16(3,4)17(5,6)18/h13-14H,7-12,18H2,1-6H3. The van der Waals surface area contributed by atoms with Crippen LogP contribution in [0, 0.1) is 11.3 Å². The minimum atomic E-state index is -0.521. The molecule has 1 aliphatic carbocycles. The molecule has 0 aromatic rings. The Bertz CT molecular complexity index is 322. The fourth-order valence-corrected chi connectivity index (χ4v) is 2.70. The molecule has 0 saturated heterocycles. The van der Waals surface area contributed by atoms with Crippen molar-refractivity contribution in [2.45, 2.75) is 85.2 Å². The molecule has 0 aromatic carbocycles. The van der Waals surface area contributed by atoms with Gasteiger partial charge in [0.2, 0.25) is 5.91 Å². The summed E-state index contributed by atoms with van der Waals surface area (Å²) in [5.74, 6) is 0.859. The predicted octanol–water partition coefficient (Wildman–Crippen LogP) is 3.57. The van der Waals surface area contributed by atoms with Gasteiger partial charge in [-0.2, -0.15) is 0 Å². The number of hydrogen-bond acceptors (Lipinski definition) is 2. The molecule has 0 unspecified atom stereocenters. The van der Waals surface area contributed by atoms with E-state index in [0.717, 1.165) is 25.8 Å². The van der Waals surface area contributed by atoms with Crippen molar-refractivity contribution in [1.82, 2.24) is 4.90 Å². The van der Waals surface area contributed by atoms with Gasteiger partial charge in [-0.05, 0) is 52.9 Å². The van der Waals surface area contributed by atoms with Crippen LogP contribution in [0.1, 0.15) is 73.6 Å². The first-order chi connectivity index (χ1) is 9.07. The van der Waals surface area contributed by atoms with Crippen molar-refractivity contribution < 1.29 is 4.79 Å². The molecule has 0 spiro atoms. The molecule has 2 N–H and O–H groups in total. The summed E-state index contributed by atoms with van der Waals surface area (Å²) in [6.45, 7) is 13.2. The monoisotopic (exact) mass is 282 g/mol. The quantitative estimate of drug-likeness (QED) is 0.809. The average molecular weight is 282 g/mol. The Kier molecular flexibility index (Phi) is 5.65. The fourth-order valence-electron chi connectivity index (χ4n) is 2.70. The summed E-state index contributed by atoms with van der Waals surface area (Å²) in [6, 6.07) is 0.433. The highest BCUT2D eigenvalue weighted by atomic mass is 16.2. The van der Waals surface area contributed by atoms with Gasteiger partial charge in [0.1, 0.15) is 0 Å². The highest BCUT2D eigenvalue weighted by molar-refractivity contribution is 5.83. The number of carbonyl (C=O) groups excluding carboxylic acids is 1. The molecule has 0 heterocycles. The molecule has 0 aliphatic heterocycles. The Labute approximate surface area is 125 Å². The van der Waals surface area contributed by atoms with Crippen LogP contribution in [0.5, 0.6) is 0 Å². The van der Waals surface area contributed by atoms with Crippen LogP contribution in [0.2, 0.25) is 0 Å². The van der Waals surface area contributed by atoms with Crippen LogP contribution in [-0.4, -0.2) is 28.9 Å². The molecule has 1 amide bonds. The molecule has 0 bridgehead atoms. The Morgan fingerprint density at radius 3 is 2.10 bits per heavy atom. The maximum absolute atomic E-state index is 13.1. The molecule has 1 rings (SSSR count). The lowest BCUT2D eigenvalue weighted by Crippen LogP contribution is -2.58. The molecule has 0 atom stereocenters. The second kappa shape index (κ2) is 6.46. The summed E-state index contributed by atoms with van der Waals surface area (Å²) in [6.07, 6.45) is 5.89. The van der Waals surface area contributed by atoms with Gasteiger partial charge < -0.3 is 10.6 Å². The maximum atomic E-state index is 13.1. The summed E-state index contributed by atoms with van der Waals surface area (Å²) in [7, 11) is 0. The third kappa shape index (κ3) is 3.97. The van der Waals surface area contributed by atoms with Gasteiger partial charge in [-0.25, -0.2) is 0 Å². The van der Waals surface area contributed by atoms with Crippen molar-refractivity contribution in [1.29, 1.82) is 0 Å². The van der Waals surface area contributed by atoms with Crippen LogP contribution in [0.4, 0.5) is 0 Å². The molecule has 1 fully saturated rings. The molecular weight excluding hydrogens is 248 g/mol. The number of hydrogen-bond donors (Lipinski definition) is 1. The highest BCUT2D eigenvalue weighted by Crippen LogP contribution is 2.34. The second-order valence-electron chi connectivity index (χ2n) is 7.97. The fraction of sp³-hybridized carbons (Fsp3) is 0.941. The van der Waals surface area contributed by atoms with Crippen molar-refractivity contribution in [3.63, 3.8) is 0 Å². The Balaban J connectivity index is 2.88. The van der Waals surface area contributed by atoms with E-state index in [0.29, 0.717) is 12.0 Å². The molecule has 1 aliphatic rings. The molecule has 118 valence electrons. The Hall–Kier alpha value is -0.570. The molecule has 0 aromatic heterocycles. The maximum Gasteiger partial charge on any atom is 0.230 e. The van der Waals surface area contributed by atoms with Gasteiger partial charge in [-0.15, -0.1) is 0 Å². The normalized spacial score (nSPS) is 17.8. The van der Waals surface area contributed by atoms with E-state index >= 15 is 0 Å². The van der Waals surface area contributed by atoms with Crippen LogP contribution in [0.25, 0.3) is 0 Å². The van der Waals surface area contributed by atoms with E-state index in [1.165, 1.54) is 12.8 Å². The van der Waals surface area contributed by atoms with Crippen molar-refractivity contribution >= 4 is 5.91 Å². The van der Waals surface area contributed by atoms with E-state index in [-0.39, 0.29) is 5.91 Å². The molecule has 0 radical (unpaired) electrons. The lowest BCUT2D eigenvalue weighted by Gasteiger charge is -2.43. The van der Waals surface area contributed by atoms with Gasteiger partial charge in [0.25, 0.3) is 0 Å². The first-order valence-corrected chi connectivity index (χ1v) is 8.17. The third-order valence-electron chi connectivity index (χ3n) is 5.12. The zero-order valence-corrected chi connectivity index (χ0v) is 14.3. The van der Waals surface area contributed by atoms with Gasteiger partial charge in [-0.3, -0.25) is 4.79 Å². The van der Waals surface area contributed by atoms with E-state index in [1.54, 1.807) is 0 Å². The first kappa shape index (κ1) is 17.5. The van der Waals surface area contributed by atoms with Crippen LogP contribution in [-0.2, 0) is 4.79 Å². The highest BCUT2D eigenvalue weighted by Gasteiger charge is 2.44. The summed E-state index contributed by atoms with van der Waals surface area (Å²) >= 11 is 0. The lowest BCUT2D eigenvalue weighted by molar-refractivity contribution is -0.146. The molecular formula is C17H34N2O. The van der Waals surface area contributed by atoms with Gasteiger partial charge in [-0.1, -0.05) is 26.7 Å². The summed E-state index contributed by atoms with van der Waals surface area (Å²) in [5.41, 5.74) is 5.24. The molecule has 3 heteroatoms. The average Bonchev–Trinajstić information content (AvgIpc) is 2.80. The van der Waals surface area contributed by atoms with Crippen LogP contribution in [0.3, 0.4) is 0 Å². The minimum Gasteiger partial charge on any atom is -0.339 e. The number of nitrogens with two attached hydrogens (primary N) is 1. The van der Waals surface area contributed by atoms with E-state index < -0.39 is 11.0 Å². The SMILES string of the molecule is CC(C)CCN(C(=O)C(C)(C)C(C)(C)N)C1CCCC1. The Morgan fingerprint density at radius 1 is 1.20 bits per heavy atom. The van der Waals surface area contributed by atoms with Crippen molar-refractivity contribution in [3.8, 4) is 0 Å². The first-order valence-electron chi connectivity index (χ1n) is 8.17. The van der Waals surface area contributed by atoms with Crippen molar-refractivity contribution in [3.05, 3.63) is 0 Å². The molecule has 20 heavy (non-hydrogen) atoms. The zero-order chi connectivity index (χ0) is 15.6. The van der Waals surface area contributed by atoms with E-state index in [2.05, 4.69) is 18.7 Å². The second-order valence-corrected chi connectivity index (χ2v) is 7.97.